The van der Waals surface area contributed by atoms with Gasteiger partial charge < -0.3 is 14.4 Å². The van der Waals surface area contributed by atoms with E-state index in [0.717, 1.165) is 37.0 Å². The second kappa shape index (κ2) is 11.4. The summed E-state index contributed by atoms with van der Waals surface area (Å²) >= 11 is 15.7. The van der Waals surface area contributed by atoms with Gasteiger partial charge in [0.1, 0.15) is 5.75 Å². The molecular formula is C25H27BrCl2N2O3S. The second-order valence-corrected chi connectivity index (χ2v) is 9.79. The molecule has 0 unspecified atom stereocenters. The molecule has 0 amide bonds. The molecule has 1 N–H and O–H groups in total. The normalized spacial score (nSPS) is 13.8. The molecule has 0 bridgehead atoms. The molecule has 0 radical (unpaired) electrons. The summed E-state index contributed by atoms with van der Waals surface area (Å²) in [6, 6.07) is 9.18. The van der Waals surface area contributed by atoms with E-state index in [0.29, 0.717) is 49.7 Å². The maximum atomic E-state index is 13.4. The van der Waals surface area contributed by atoms with Crippen LogP contribution in [-0.4, -0.2) is 45.1 Å². The van der Waals surface area contributed by atoms with E-state index in [1.165, 1.54) is 0 Å². The molecule has 0 saturated carbocycles. The molecule has 1 aromatic heterocycles. The van der Waals surface area contributed by atoms with Crippen molar-refractivity contribution in [1.82, 2.24) is 9.47 Å². The van der Waals surface area contributed by atoms with Crippen molar-refractivity contribution in [3.05, 3.63) is 62.2 Å². The standard InChI is InChI=1S/C25H26BrClN2O3S.ClH/c1-3-29-19-13-18(26)23(30)17(14-28-10-5-6-11-28)20(19)21(25(31)32-4-2)22(29)24(33)15-8-7-9-16(27)12-15;/h7-9,12-13,30H,3-6,10-11,14H2,1-2H3;1H. The quantitative estimate of drug-likeness (QED) is 0.189. The van der Waals surface area contributed by atoms with Gasteiger partial charge in [0.15, 0.2) is 0 Å². The number of carbonyl (C=O) groups excluding carboxylic acids is 1. The van der Waals surface area contributed by atoms with Crippen LogP contribution in [-0.2, 0) is 17.8 Å². The van der Waals surface area contributed by atoms with Crippen LogP contribution >= 0.6 is 52.2 Å². The largest absolute Gasteiger partial charge is 0.506 e. The van der Waals surface area contributed by atoms with Gasteiger partial charge in [-0.15, -0.1) is 12.4 Å². The lowest BCUT2D eigenvalue weighted by atomic mass is 10.00. The Morgan fingerprint density at radius 3 is 2.56 bits per heavy atom. The molecule has 1 saturated heterocycles. The zero-order valence-corrected chi connectivity index (χ0v) is 23.0. The number of esters is 1. The first kappa shape index (κ1) is 27.0. The highest BCUT2D eigenvalue weighted by molar-refractivity contribution is 9.10. The van der Waals surface area contributed by atoms with Crippen molar-refractivity contribution in [3.8, 4) is 5.75 Å². The Kier molecular flexibility index (Phi) is 9.04. The van der Waals surface area contributed by atoms with Crippen LogP contribution in [0.15, 0.2) is 34.8 Å². The predicted octanol–water partition coefficient (Wildman–Crippen LogP) is 6.74. The predicted molar refractivity (Wildman–Crippen MR) is 147 cm³/mol. The summed E-state index contributed by atoms with van der Waals surface area (Å²) in [7, 11) is 0. The molecule has 3 aromatic rings. The van der Waals surface area contributed by atoms with E-state index < -0.39 is 5.97 Å². The summed E-state index contributed by atoms with van der Waals surface area (Å²) < 4.78 is 8.11. The third-order valence-corrected chi connectivity index (χ3v) is 7.33. The van der Waals surface area contributed by atoms with E-state index in [-0.39, 0.29) is 24.8 Å². The summed E-state index contributed by atoms with van der Waals surface area (Å²) in [5.74, 6) is -0.299. The molecule has 1 fully saturated rings. The van der Waals surface area contributed by atoms with Gasteiger partial charge in [0.2, 0.25) is 0 Å². The SMILES string of the molecule is CCOC(=O)c1c(C(=S)c2cccc(Cl)c2)n(CC)c2cc(Br)c(O)c(CN3CCCC3)c12.Cl. The fraction of sp³-hybridized carbons (Fsp3) is 0.360. The molecule has 4 rings (SSSR count). The first-order valence-electron chi connectivity index (χ1n) is 11.1. The van der Waals surface area contributed by atoms with Gasteiger partial charge in [-0.05, 0) is 79.5 Å². The topological polar surface area (TPSA) is 54.7 Å². The van der Waals surface area contributed by atoms with Crippen LogP contribution in [0.4, 0.5) is 0 Å². The number of aromatic nitrogens is 1. The lowest BCUT2D eigenvalue weighted by Crippen LogP contribution is -2.19. The third-order valence-electron chi connectivity index (χ3n) is 6.06. The zero-order valence-electron chi connectivity index (χ0n) is 19.1. The fourth-order valence-corrected chi connectivity index (χ4v) is 5.58. The van der Waals surface area contributed by atoms with Crippen LogP contribution in [0, 0.1) is 0 Å². The smallest absolute Gasteiger partial charge is 0.341 e. The monoisotopic (exact) mass is 584 g/mol. The number of carbonyl (C=O) groups is 1. The summed E-state index contributed by atoms with van der Waals surface area (Å²) in [4.78, 5) is 16.2. The fourth-order valence-electron chi connectivity index (χ4n) is 4.59. The highest BCUT2D eigenvalue weighted by atomic mass is 79.9. The van der Waals surface area contributed by atoms with E-state index in [4.69, 9.17) is 28.6 Å². The molecule has 9 heteroatoms. The van der Waals surface area contributed by atoms with Crippen molar-refractivity contribution in [2.24, 2.45) is 0 Å². The number of aryl methyl sites for hydroxylation is 1. The number of likely N-dealkylation sites (tertiary alicyclic amines) is 1. The van der Waals surface area contributed by atoms with Crippen LogP contribution in [0.25, 0.3) is 10.9 Å². The number of hydrogen-bond acceptors (Lipinski definition) is 5. The Morgan fingerprint density at radius 2 is 1.94 bits per heavy atom. The molecule has 5 nitrogen and oxygen atoms in total. The van der Waals surface area contributed by atoms with Crippen molar-refractivity contribution in [1.29, 1.82) is 0 Å². The minimum Gasteiger partial charge on any atom is -0.506 e. The minimum atomic E-state index is -0.446. The zero-order chi connectivity index (χ0) is 23.7. The Balaban J connectivity index is 0.00000324. The Labute approximate surface area is 224 Å². The molecule has 2 heterocycles. The van der Waals surface area contributed by atoms with Crippen molar-refractivity contribution in [2.45, 2.75) is 39.8 Å². The summed E-state index contributed by atoms with van der Waals surface area (Å²) in [6.45, 7) is 7.10. The third kappa shape index (κ3) is 5.00. The van der Waals surface area contributed by atoms with E-state index in [9.17, 15) is 9.90 Å². The number of fused-ring (bicyclic) bond motifs is 1. The molecule has 1 aliphatic rings. The van der Waals surface area contributed by atoms with Crippen molar-refractivity contribution >= 4 is 73.9 Å². The van der Waals surface area contributed by atoms with E-state index in [1.54, 1.807) is 19.1 Å². The number of thiocarbonyl (C=S) groups is 1. The van der Waals surface area contributed by atoms with Gasteiger partial charge in [0, 0.05) is 29.1 Å². The van der Waals surface area contributed by atoms with Crippen LogP contribution in [0.2, 0.25) is 5.02 Å². The number of nitrogens with zero attached hydrogens (tertiary/aromatic N) is 2. The molecule has 1 aliphatic heterocycles. The number of halogens is 3. The molecule has 182 valence electrons. The average molecular weight is 586 g/mol. The highest BCUT2D eigenvalue weighted by Gasteiger charge is 2.31. The molecule has 0 spiro atoms. The summed E-state index contributed by atoms with van der Waals surface area (Å²) in [5, 5.41) is 12.3. The van der Waals surface area contributed by atoms with Gasteiger partial charge in [0.25, 0.3) is 0 Å². The van der Waals surface area contributed by atoms with E-state index in [2.05, 4.69) is 20.8 Å². The van der Waals surface area contributed by atoms with Crippen LogP contribution < -0.4 is 0 Å². The van der Waals surface area contributed by atoms with Crippen LogP contribution in [0.3, 0.4) is 0 Å². The first-order chi connectivity index (χ1) is 15.9. The van der Waals surface area contributed by atoms with Gasteiger partial charge in [0.05, 0.1) is 32.7 Å². The van der Waals surface area contributed by atoms with E-state index >= 15 is 0 Å². The number of ether oxygens (including phenoxy) is 1. The van der Waals surface area contributed by atoms with Crippen molar-refractivity contribution in [2.75, 3.05) is 19.7 Å². The van der Waals surface area contributed by atoms with Gasteiger partial charge in [-0.2, -0.15) is 0 Å². The van der Waals surface area contributed by atoms with Gasteiger partial charge in [-0.1, -0.05) is 36.0 Å². The Morgan fingerprint density at radius 1 is 1.24 bits per heavy atom. The number of benzene rings is 2. The van der Waals surface area contributed by atoms with E-state index in [1.807, 2.05) is 29.7 Å². The number of phenolic OH excluding ortho intramolecular Hbond substituents is 1. The number of rotatable bonds is 7. The summed E-state index contributed by atoms with van der Waals surface area (Å²) in [6.07, 6.45) is 2.26. The Bertz CT molecular complexity index is 1240. The maximum absolute atomic E-state index is 13.4. The maximum Gasteiger partial charge on any atom is 0.341 e. The highest BCUT2D eigenvalue weighted by Crippen LogP contribution is 2.41. The van der Waals surface area contributed by atoms with Gasteiger partial charge in [-0.25, -0.2) is 4.79 Å². The molecule has 0 aliphatic carbocycles. The molecular weight excluding hydrogens is 559 g/mol. The average Bonchev–Trinajstić information content (AvgIpc) is 3.42. The lowest BCUT2D eigenvalue weighted by molar-refractivity contribution is 0.0528. The number of hydrogen-bond donors (Lipinski definition) is 1. The van der Waals surface area contributed by atoms with Gasteiger partial charge >= 0.3 is 5.97 Å². The Hall–Kier alpha value is -1.64. The number of aromatic hydroxyl groups is 1. The lowest BCUT2D eigenvalue weighted by Gasteiger charge is -2.18. The van der Waals surface area contributed by atoms with Gasteiger partial charge in [-0.3, -0.25) is 4.90 Å². The van der Waals surface area contributed by atoms with Crippen molar-refractivity contribution in [3.63, 3.8) is 0 Å². The second-order valence-electron chi connectivity index (χ2n) is 8.09. The van der Waals surface area contributed by atoms with Crippen LogP contribution in [0.1, 0.15) is 53.9 Å². The molecule has 34 heavy (non-hydrogen) atoms. The number of phenols is 1. The van der Waals surface area contributed by atoms with Crippen molar-refractivity contribution < 1.29 is 14.6 Å². The first-order valence-corrected chi connectivity index (χ1v) is 12.7. The summed E-state index contributed by atoms with van der Waals surface area (Å²) in [5.41, 5.74) is 3.31. The minimum absolute atomic E-state index is 0. The van der Waals surface area contributed by atoms with Crippen LogP contribution in [0.5, 0.6) is 5.75 Å². The molecule has 2 aromatic carbocycles. The molecule has 0 atom stereocenters.